The van der Waals surface area contributed by atoms with Gasteiger partial charge in [-0.1, -0.05) is 0 Å². The number of carbonyl (C=O) groups excluding carboxylic acids is 2. The molecule has 0 saturated carbocycles. The molecule has 1 rings (SSSR count). The van der Waals surface area contributed by atoms with E-state index in [1.165, 1.54) is 0 Å². The number of amides is 2. The highest BCUT2D eigenvalue weighted by Crippen LogP contribution is 2.36. The zero-order valence-corrected chi connectivity index (χ0v) is 15.3. The number of alkyl halides is 6. The maximum absolute atomic E-state index is 12.8. The van der Waals surface area contributed by atoms with E-state index in [1.54, 1.807) is 20.8 Å². The van der Waals surface area contributed by atoms with Crippen molar-refractivity contribution in [2.75, 3.05) is 6.54 Å². The van der Waals surface area contributed by atoms with E-state index in [9.17, 15) is 35.9 Å². The van der Waals surface area contributed by atoms with Crippen LogP contribution in [0.15, 0.2) is 18.2 Å². The van der Waals surface area contributed by atoms with Crippen LogP contribution in [0.4, 0.5) is 31.1 Å². The molecule has 0 spiro atoms. The van der Waals surface area contributed by atoms with Gasteiger partial charge in [0.2, 0.25) is 0 Å². The summed E-state index contributed by atoms with van der Waals surface area (Å²) in [5.41, 5.74) is -4.00. The minimum absolute atomic E-state index is 0.00437. The van der Waals surface area contributed by atoms with E-state index in [-0.39, 0.29) is 24.6 Å². The number of halogens is 6. The Labute approximate surface area is 157 Å². The highest BCUT2D eigenvalue weighted by Gasteiger charge is 2.36. The van der Waals surface area contributed by atoms with Crippen molar-refractivity contribution in [3.8, 4) is 0 Å². The first-order valence-electron chi connectivity index (χ1n) is 8.10. The van der Waals surface area contributed by atoms with Crippen LogP contribution in [0.25, 0.3) is 0 Å². The van der Waals surface area contributed by atoms with Crippen LogP contribution in [0.3, 0.4) is 0 Å². The van der Waals surface area contributed by atoms with Gasteiger partial charge < -0.3 is 15.4 Å². The molecule has 0 aliphatic carbocycles. The summed E-state index contributed by atoms with van der Waals surface area (Å²) in [5.74, 6) is -0.569. The normalized spacial score (nSPS) is 12.5. The Balaban J connectivity index is 2.66. The van der Waals surface area contributed by atoms with Gasteiger partial charge in [0.05, 0.1) is 17.5 Å². The molecule has 0 saturated heterocycles. The topological polar surface area (TPSA) is 67.4 Å². The second kappa shape index (κ2) is 8.70. The van der Waals surface area contributed by atoms with Gasteiger partial charge in [0.1, 0.15) is 5.60 Å². The molecular formula is C17H20F6N2O3. The van der Waals surface area contributed by atoms with Crippen molar-refractivity contribution in [2.24, 2.45) is 0 Å². The highest BCUT2D eigenvalue weighted by molar-refractivity contribution is 5.75. The Kier molecular flexibility index (Phi) is 7.32. The molecule has 28 heavy (non-hydrogen) atoms. The SMILES string of the molecule is CC(C)(C)OC(=O)CCNC(=O)NCc1cc(C(F)(F)F)cc(C(F)(F)F)c1. The molecule has 2 N–H and O–H groups in total. The average Bonchev–Trinajstić information content (AvgIpc) is 2.49. The summed E-state index contributed by atoms with van der Waals surface area (Å²) < 4.78 is 81.7. The molecule has 1 aromatic carbocycles. The number of carbonyl (C=O) groups is 2. The van der Waals surface area contributed by atoms with Crippen LogP contribution in [-0.4, -0.2) is 24.1 Å². The van der Waals surface area contributed by atoms with Gasteiger partial charge in [0, 0.05) is 13.1 Å². The van der Waals surface area contributed by atoms with Crippen molar-refractivity contribution < 1.29 is 40.7 Å². The number of urea groups is 1. The first kappa shape index (κ1) is 23.6. The minimum atomic E-state index is -4.97. The summed E-state index contributed by atoms with van der Waals surface area (Å²) in [7, 11) is 0. The molecule has 1 aromatic rings. The molecule has 0 bridgehead atoms. The van der Waals surface area contributed by atoms with E-state index in [0.717, 1.165) is 0 Å². The van der Waals surface area contributed by atoms with Gasteiger partial charge in [-0.25, -0.2) is 4.79 Å². The van der Waals surface area contributed by atoms with Gasteiger partial charge >= 0.3 is 24.4 Å². The van der Waals surface area contributed by atoms with E-state index in [4.69, 9.17) is 4.74 Å². The Morgan fingerprint density at radius 3 is 1.82 bits per heavy atom. The lowest BCUT2D eigenvalue weighted by Gasteiger charge is -2.19. The minimum Gasteiger partial charge on any atom is -0.460 e. The quantitative estimate of drug-likeness (QED) is 0.559. The lowest BCUT2D eigenvalue weighted by atomic mass is 10.0. The molecule has 0 radical (unpaired) electrons. The van der Waals surface area contributed by atoms with Crippen molar-refractivity contribution in [3.63, 3.8) is 0 Å². The largest absolute Gasteiger partial charge is 0.460 e. The van der Waals surface area contributed by atoms with Gasteiger partial charge in [0.15, 0.2) is 0 Å². The molecule has 0 aromatic heterocycles. The number of hydrogen-bond acceptors (Lipinski definition) is 3. The van der Waals surface area contributed by atoms with Crippen LogP contribution in [0.1, 0.15) is 43.9 Å². The smallest absolute Gasteiger partial charge is 0.416 e. The second-order valence-corrected chi connectivity index (χ2v) is 6.86. The summed E-state index contributed by atoms with van der Waals surface area (Å²) in [6.45, 7) is 4.31. The summed E-state index contributed by atoms with van der Waals surface area (Å²) >= 11 is 0. The van der Waals surface area contributed by atoms with E-state index in [0.29, 0.717) is 12.1 Å². The first-order valence-corrected chi connectivity index (χ1v) is 8.10. The maximum atomic E-state index is 12.8. The van der Waals surface area contributed by atoms with Crippen molar-refractivity contribution in [3.05, 3.63) is 34.9 Å². The second-order valence-electron chi connectivity index (χ2n) is 6.86. The highest BCUT2D eigenvalue weighted by atomic mass is 19.4. The summed E-state index contributed by atoms with van der Waals surface area (Å²) in [5, 5.41) is 4.41. The third-order valence-electron chi connectivity index (χ3n) is 3.14. The standard InChI is InChI=1S/C17H20F6N2O3/c1-15(2,3)28-13(26)4-5-24-14(27)25-9-10-6-11(16(18,19)20)8-12(7-10)17(21,22)23/h6-8H,4-5,9H2,1-3H3,(H2,24,25,27). The molecule has 0 aliphatic heterocycles. The van der Waals surface area contributed by atoms with Crippen LogP contribution in [0.5, 0.6) is 0 Å². The lowest BCUT2D eigenvalue weighted by Crippen LogP contribution is -2.37. The van der Waals surface area contributed by atoms with Gasteiger partial charge in [-0.15, -0.1) is 0 Å². The Morgan fingerprint density at radius 2 is 1.39 bits per heavy atom. The van der Waals surface area contributed by atoms with Crippen LogP contribution >= 0.6 is 0 Å². The number of rotatable bonds is 5. The summed E-state index contributed by atoms with van der Waals surface area (Å²) in [6.07, 6.45) is -10.1. The van der Waals surface area contributed by atoms with Gasteiger partial charge in [0.25, 0.3) is 0 Å². The van der Waals surface area contributed by atoms with E-state index in [1.807, 2.05) is 0 Å². The van der Waals surface area contributed by atoms with Crippen LogP contribution in [0, 0.1) is 0 Å². The van der Waals surface area contributed by atoms with E-state index in [2.05, 4.69) is 10.6 Å². The number of hydrogen-bond donors (Lipinski definition) is 2. The predicted molar refractivity (Wildman–Crippen MR) is 87.1 cm³/mol. The predicted octanol–water partition coefficient (Wildman–Crippen LogP) is 4.26. The zero-order chi connectivity index (χ0) is 21.8. The van der Waals surface area contributed by atoms with Crippen molar-refractivity contribution in [1.29, 1.82) is 0 Å². The Bertz CT molecular complexity index is 676. The number of esters is 1. The van der Waals surface area contributed by atoms with Crippen molar-refractivity contribution in [2.45, 2.75) is 51.7 Å². The fraction of sp³-hybridized carbons (Fsp3) is 0.529. The molecule has 0 aliphatic rings. The van der Waals surface area contributed by atoms with Gasteiger partial charge in [-0.05, 0) is 44.5 Å². The Hall–Kier alpha value is -2.46. The summed E-state index contributed by atoms with van der Waals surface area (Å²) in [6, 6.07) is 0.200. The first-order chi connectivity index (χ1) is 12.6. The van der Waals surface area contributed by atoms with Gasteiger partial charge in [-0.2, -0.15) is 26.3 Å². The fourth-order valence-corrected chi connectivity index (χ4v) is 2.04. The molecule has 0 heterocycles. The molecule has 158 valence electrons. The molecular weight excluding hydrogens is 394 g/mol. The van der Waals surface area contributed by atoms with Gasteiger partial charge in [-0.3, -0.25) is 4.79 Å². The third kappa shape index (κ3) is 8.49. The maximum Gasteiger partial charge on any atom is 0.416 e. The average molecular weight is 414 g/mol. The van der Waals surface area contributed by atoms with Crippen molar-refractivity contribution >= 4 is 12.0 Å². The van der Waals surface area contributed by atoms with Crippen LogP contribution in [-0.2, 0) is 28.4 Å². The molecule has 2 amide bonds. The molecule has 0 atom stereocenters. The van der Waals surface area contributed by atoms with E-state index >= 15 is 0 Å². The fourth-order valence-electron chi connectivity index (χ4n) is 2.04. The number of ether oxygens (including phenoxy) is 1. The molecule has 0 fully saturated rings. The lowest BCUT2D eigenvalue weighted by molar-refractivity contribution is -0.154. The molecule has 0 unspecified atom stereocenters. The van der Waals surface area contributed by atoms with Crippen molar-refractivity contribution in [1.82, 2.24) is 10.6 Å². The third-order valence-corrected chi connectivity index (χ3v) is 3.14. The number of benzene rings is 1. The van der Waals surface area contributed by atoms with Crippen LogP contribution in [0.2, 0.25) is 0 Å². The van der Waals surface area contributed by atoms with E-state index < -0.39 is 47.6 Å². The van der Waals surface area contributed by atoms with Crippen LogP contribution < -0.4 is 10.6 Å². The molecule has 11 heteroatoms. The Morgan fingerprint density at radius 1 is 0.893 bits per heavy atom. The number of nitrogens with one attached hydrogen (secondary N) is 2. The molecule has 5 nitrogen and oxygen atoms in total. The zero-order valence-electron chi connectivity index (χ0n) is 15.3. The summed E-state index contributed by atoms with van der Waals surface area (Å²) in [4.78, 5) is 23.1. The monoisotopic (exact) mass is 414 g/mol.